The van der Waals surface area contributed by atoms with E-state index in [9.17, 15) is 4.39 Å². The molecule has 0 radical (unpaired) electrons. The summed E-state index contributed by atoms with van der Waals surface area (Å²) in [6.07, 6.45) is 7.20. The van der Waals surface area contributed by atoms with Gasteiger partial charge in [-0.2, -0.15) is 0 Å². The summed E-state index contributed by atoms with van der Waals surface area (Å²) in [5.41, 5.74) is 9.60. The fourth-order valence-corrected chi connectivity index (χ4v) is 4.27. The van der Waals surface area contributed by atoms with Gasteiger partial charge in [0.1, 0.15) is 5.82 Å². The number of primary amides is 1. The first-order valence-corrected chi connectivity index (χ1v) is 12.0. The van der Waals surface area contributed by atoms with E-state index in [1.807, 2.05) is 31.3 Å². The average molecular weight is 513 g/mol. The smallest absolute Gasteiger partial charge is 0.204 e. The number of amides is 1. The summed E-state index contributed by atoms with van der Waals surface area (Å²) in [5.74, 6) is -0.345. The Balaban J connectivity index is 0.00000115. The van der Waals surface area contributed by atoms with E-state index in [4.69, 9.17) is 35.9 Å². The second-order valence-corrected chi connectivity index (χ2v) is 8.78. The molecule has 1 aromatic heterocycles. The average Bonchev–Trinajstić information content (AvgIpc) is 3.27. The molecule has 9 heteroatoms. The summed E-state index contributed by atoms with van der Waals surface area (Å²) in [7, 11) is 1.71. The molecule has 3 heterocycles. The molecule has 0 fully saturated rings. The van der Waals surface area contributed by atoms with E-state index in [2.05, 4.69) is 17.6 Å². The van der Waals surface area contributed by atoms with E-state index < -0.39 is 5.82 Å². The minimum atomic E-state index is -0.419. The molecule has 0 bridgehead atoms. The Morgan fingerprint density at radius 2 is 2.06 bits per heavy atom. The van der Waals surface area contributed by atoms with Gasteiger partial charge in [0.15, 0.2) is 0 Å². The Labute approximate surface area is 215 Å². The number of aliphatic imine (C=N–C) groups is 2. The molecule has 36 heavy (non-hydrogen) atoms. The molecule has 2 aliphatic rings. The SMILES string of the molecule is CCC(CC(OC)c1ccnc(C)c1)/C1=C/C(c2ccc(Cl)cc2F)=NC2=C(C=N1)COC2.NC=O. The van der Waals surface area contributed by atoms with E-state index in [1.165, 1.54) is 6.07 Å². The van der Waals surface area contributed by atoms with Crippen molar-refractivity contribution >= 4 is 29.9 Å². The van der Waals surface area contributed by atoms with Crippen molar-refractivity contribution in [2.75, 3.05) is 20.3 Å². The highest BCUT2D eigenvalue weighted by molar-refractivity contribution is 6.30. The molecule has 190 valence electrons. The molecule has 2 aliphatic heterocycles. The fraction of sp³-hybridized carbons (Fsp3) is 0.333. The lowest BCUT2D eigenvalue weighted by Crippen LogP contribution is -2.14. The lowest BCUT2D eigenvalue weighted by Gasteiger charge is -2.23. The number of methoxy groups -OCH3 is 1. The Morgan fingerprint density at radius 1 is 1.28 bits per heavy atom. The van der Waals surface area contributed by atoms with Crippen molar-refractivity contribution in [2.45, 2.75) is 32.8 Å². The van der Waals surface area contributed by atoms with Crippen LogP contribution in [-0.4, -0.2) is 43.6 Å². The largest absolute Gasteiger partial charge is 0.377 e. The van der Waals surface area contributed by atoms with Crippen LogP contribution in [0.2, 0.25) is 5.02 Å². The number of pyridine rings is 1. The second kappa shape index (κ2) is 13.2. The molecule has 0 spiro atoms. The number of aryl methyl sites for hydroxylation is 1. The number of benzene rings is 1. The second-order valence-electron chi connectivity index (χ2n) is 8.35. The summed E-state index contributed by atoms with van der Waals surface area (Å²) >= 11 is 5.98. The lowest BCUT2D eigenvalue weighted by molar-refractivity contribution is -0.106. The van der Waals surface area contributed by atoms with Crippen molar-refractivity contribution in [3.05, 3.63) is 87.2 Å². The molecule has 2 atom stereocenters. The van der Waals surface area contributed by atoms with Crippen LogP contribution in [0.15, 0.2) is 69.6 Å². The number of rotatable bonds is 7. The molecule has 4 rings (SSSR count). The van der Waals surface area contributed by atoms with Crippen LogP contribution < -0.4 is 5.73 Å². The molecule has 2 aromatic rings. The van der Waals surface area contributed by atoms with Gasteiger partial charge in [0.05, 0.1) is 30.7 Å². The summed E-state index contributed by atoms with van der Waals surface area (Å²) in [4.78, 5) is 22.5. The number of aromatic nitrogens is 1. The maximum atomic E-state index is 14.8. The quantitative estimate of drug-likeness (QED) is 0.520. The first kappa shape index (κ1) is 27.4. The highest BCUT2D eigenvalue weighted by Gasteiger charge is 2.24. The van der Waals surface area contributed by atoms with Crippen molar-refractivity contribution in [1.82, 2.24) is 4.98 Å². The van der Waals surface area contributed by atoms with Crippen molar-refractivity contribution in [1.29, 1.82) is 0 Å². The Hall–Kier alpha value is -3.20. The van der Waals surface area contributed by atoms with E-state index in [-0.39, 0.29) is 18.4 Å². The van der Waals surface area contributed by atoms with Crippen molar-refractivity contribution in [2.24, 2.45) is 21.6 Å². The van der Waals surface area contributed by atoms with Gasteiger partial charge >= 0.3 is 0 Å². The number of halogens is 2. The van der Waals surface area contributed by atoms with E-state index in [0.717, 1.165) is 41.1 Å². The van der Waals surface area contributed by atoms with E-state index >= 15 is 0 Å². The highest BCUT2D eigenvalue weighted by Crippen LogP contribution is 2.33. The minimum absolute atomic E-state index is 0.0738. The van der Waals surface area contributed by atoms with Crippen molar-refractivity contribution < 1.29 is 18.7 Å². The topological polar surface area (TPSA) is 99.2 Å². The van der Waals surface area contributed by atoms with Crippen LogP contribution in [-0.2, 0) is 14.3 Å². The minimum Gasteiger partial charge on any atom is -0.377 e. The van der Waals surface area contributed by atoms with Crippen LogP contribution in [0.3, 0.4) is 0 Å². The van der Waals surface area contributed by atoms with Gasteiger partial charge in [-0.25, -0.2) is 9.38 Å². The predicted molar refractivity (Wildman–Crippen MR) is 140 cm³/mol. The highest BCUT2D eigenvalue weighted by atomic mass is 35.5. The first-order valence-electron chi connectivity index (χ1n) is 11.6. The molecule has 2 unspecified atom stereocenters. The normalized spacial score (nSPS) is 18.0. The van der Waals surface area contributed by atoms with E-state index in [1.54, 1.807) is 25.4 Å². The number of nitrogens with two attached hydrogens (primary N) is 1. The number of nitrogens with zero attached hydrogens (tertiary/aromatic N) is 3. The first-order chi connectivity index (χ1) is 17.4. The van der Waals surface area contributed by atoms with Crippen LogP contribution in [0.5, 0.6) is 0 Å². The Bertz CT molecular complexity index is 1210. The molecular formula is C27H30ClFN4O3. The third-order valence-corrected chi connectivity index (χ3v) is 6.21. The van der Waals surface area contributed by atoms with Gasteiger partial charge in [-0.3, -0.25) is 14.8 Å². The molecule has 2 N–H and O–H groups in total. The number of ether oxygens (including phenoxy) is 2. The van der Waals surface area contributed by atoms with Gasteiger partial charge in [-0.1, -0.05) is 18.5 Å². The lowest BCUT2D eigenvalue weighted by atomic mass is 9.90. The van der Waals surface area contributed by atoms with Crippen molar-refractivity contribution in [3.63, 3.8) is 0 Å². The van der Waals surface area contributed by atoms with Crippen LogP contribution in [0.4, 0.5) is 4.39 Å². The molecule has 0 aliphatic carbocycles. The molecular weight excluding hydrogens is 483 g/mol. The van der Waals surface area contributed by atoms with Gasteiger partial charge in [-0.05, 0) is 61.7 Å². The summed E-state index contributed by atoms with van der Waals surface area (Å²) in [6, 6.07) is 8.65. The summed E-state index contributed by atoms with van der Waals surface area (Å²) in [6.45, 7) is 4.91. The van der Waals surface area contributed by atoms with Crippen LogP contribution in [0.25, 0.3) is 0 Å². The Kier molecular flexibility index (Phi) is 10.0. The molecule has 1 amide bonds. The number of hydrogen-bond acceptors (Lipinski definition) is 6. The van der Waals surface area contributed by atoms with Crippen LogP contribution in [0.1, 0.15) is 42.7 Å². The molecule has 1 aromatic carbocycles. The third-order valence-electron chi connectivity index (χ3n) is 5.97. The maximum Gasteiger partial charge on any atom is 0.204 e. The van der Waals surface area contributed by atoms with Crippen LogP contribution in [0, 0.1) is 18.7 Å². The van der Waals surface area contributed by atoms with Gasteiger partial charge in [0.25, 0.3) is 0 Å². The third kappa shape index (κ3) is 6.94. The zero-order chi connectivity index (χ0) is 26.1. The van der Waals surface area contributed by atoms with Crippen molar-refractivity contribution in [3.8, 4) is 0 Å². The number of carbonyl (C=O) groups is 1. The van der Waals surface area contributed by atoms with Crippen LogP contribution >= 0.6 is 11.6 Å². The molecule has 0 saturated carbocycles. The zero-order valence-electron chi connectivity index (χ0n) is 20.6. The van der Waals surface area contributed by atoms with E-state index in [0.29, 0.717) is 29.5 Å². The number of carbonyl (C=O) groups excluding carboxylic acids is 1. The van der Waals surface area contributed by atoms with Gasteiger partial charge in [0.2, 0.25) is 6.41 Å². The zero-order valence-corrected chi connectivity index (χ0v) is 21.3. The predicted octanol–water partition coefficient (Wildman–Crippen LogP) is 5.13. The fourth-order valence-electron chi connectivity index (χ4n) is 4.11. The molecule has 0 saturated heterocycles. The standard InChI is InChI=1S/C26H27ClFN3O2.CH3NO/c1-4-17(10-26(32-3)18-7-8-29-16(2)9-18)23-12-24(21-6-5-20(27)11-22(21)28)31-25-15-33-14-19(25)13-30-23;2-1-3/h5-9,11-13,17,26H,4,10,14-15H2,1-3H3;1H,(H2,2,3)/b19-13?,23-12-,24-12?,30-13?,30-23?,31-24?,31-25?;. The Morgan fingerprint density at radius 3 is 2.72 bits per heavy atom. The monoisotopic (exact) mass is 512 g/mol. The summed E-state index contributed by atoms with van der Waals surface area (Å²) in [5, 5.41) is 0.344. The number of hydrogen-bond donors (Lipinski definition) is 1. The number of allylic oxidation sites excluding steroid dienone is 2. The molecule has 7 nitrogen and oxygen atoms in total. The van der Waals surface area contributed by atoms with Gasteiger partial charge < -0.3 is 15.2 Å². The van der Waals surface area contributed by atoms with Gasteiger partial charge in [0, 0.05) is 53.0 Å². The summed E-state index contributed by atoms with van der Waals surface area (Å²) < 4.78 is 26.3. The van der Waals surface area contributed by atoms with Gasteiger partial charge in [-0.15, -0.1) is 0 Å². The maximum absolute atomic E-state index is 14.8.